The van der Waals surface area contributed by atoms with Crippen molar-refractivity contribution in [3.63, 3.8) is 0 Å². The second-order valence-electron chi connectivity index (χ2n) is 2.17. The van der Waals surface area contributed by atoms with E-state index in [1.54, 1.807) is 11.5 Å². The van der Waals surface area contributed by atoms with Crippen LogP contribution in [0.4, 0.5) is 0 Å². The first kappa shape index (κ1) is 7.69. The molecule has 0 aromatic carbocycles. The fourth-order valence-corrected chi connectivity index (χ4v) is 1.64. The normalized spacial score (nSPS) is 10.2. The van der Waals surface area contributed by atoms with Crippen molar-refractivity contribution in [2.45, 2.75) is 19.8 Å². The maximum Gasteiger partial charge on any atom is 0.0442 e. The lowest BCUT2D eigenvalue weighted by molar-refractivity contribution is 0.950. The third-order valence-electron chi connectivity index (χ3n) is 1.46. The van der Waals surface area contributed by atoms with Gasteiger partial charge in [0.2, 0.25) is 0 Å². The van der Waals surface area contributed by atoms with Gasteiger partial charge in [0.1, 0.15) is 0 Å². The van der Waals surface area contributed by atoms with Crippen LogP contribution in [0.1, 0.15) is 17.4 Å². The Balaban J connectivity index is 2.70. The molecule has 3 heteroatoms. The van der Waals surface area contributed by atoms with Crippen molar-refractivity contribution in [3.8, 4) is 0 Å². The standard InChI is InChI=1S/C7H12N2S/c1-2-7-6(3-4-8)5-9-10-7/h5H,2-4,8H2,1H3. The van der Waals surface area contributed by atoms with Crippen molar-refractivity contribution < 1.29 is 0 Å². The summed E-state index contributed by atoms with van der Waals surface area (Å²) in [6.07, 6.45) is 3.98. The van der Waals surface area contributed by atoms with Crippen molar-refractivity contribution in [1.29, 1.82) is 0 Å². The highest BCUT2D eigenvalue weighted by molar-refractivity contribution is 7.05. The van der Waals surface area contributed by atoms with E-state index in [1.807, 2.05) is 6.20 Å². The quantitative estimate of drug-likeness (QED) is 0.714. The molecule has 1 aromatic heterocycles. The summed E-state index contributed by atoms with van der Waals surface area (Å²) < 4.78 is 4.10. The molecule has 1 aromatic rings. The van der Waals surface area contributed by atoms with Crippen molar-refractivity contribution >= 4 is 11.5 Å². The van der Waals surface area contributed by atoms with Crippen LogP contribution in [-0.2, 0) is 12.8 Å². The number of aryl methyl sites for hydroxylation is 1. The molecule has 1 rings (SSSR count). The highest BCUT2D eigenvalue weighted by Gasteiger charge is 2.00. The third-order valence-corrected chi connectivity index (χ3v) is 2.45. The average molecular weight is 156 g/mol. The van der Waals surface area contributed by atoms with Gasteiger partial charge in [-0.2, -0.15) is 0 Å². The highest BCUT2D eigenvalue weighted by Crippen LogP contribution is 2.13. The molecule has 0 saturated heterocycles. The fraction of sp³-hybridized carbons (Fsp3) is 0.571. The molecule has 0 aliphatic heterocycles. The monoisotopic (exact) mass is 156 g/mol. The van der Waals surface area contributed by atoms with Crippen molar-refractivity contribution in [3.05, 3.63) is 16.6 Å². The van der Waals surface area contributed by atoms with Gasteiger partial charge in [0.25, 0.3) is 0 Å². The first-order valence-corrected chi connectivity index (χ1v) is 4.28. The third kappa shape index (κ3) is 1.55. The molecule has 2 N–H and O–H groups in total. The Morgan fingerprint density at radius 1 is 1.70 bits per heavy atom. The first-order chi connectivity index (χ1) is 4.88. The van der Waals surface area contributed by atoms with Crippen LogP contribution in [0.3, 0.4) is 0 Å². The molecule has 56 valence electrons. The zero-order valence-electron chi connectivity index (χ0n) is 6.13. The second-order valence-corrected chi connectivity index (χ2v) is 3.05. The smallest absolute Gasteiger partial charge is 0.0442 e. The minimum Gasteiger partial charge on any atom is -0.330 e. The summed E-state index contributed by atoms with van der Waals surface area (Å²) in [6, 6.07) is 0. The summed E-state index contributed by atoms with van der Waals surface area (Å²) in [5, 5.41) is 0. The minimum absolute atomic E-state index is 0.728. The molecule has 0 saturated carbocycles. The number of nitrogens with zero attached hydrogens (tertiary/aromatic N) is 1. The zero-order valence-corrected chi connectivity index (χ0v) is 6.95. The van der Waals surface area contributed by atoms with E-state index < -0.39 is 0 Å². The van der Waals surface area contributed by atoms with E-state index in [-0.39, 0.29) is 0 Å². The largest absolute Gasteiger partial charge is 0.330 e. The van der Waals surface area contributed by atoms with Crippen molar-refractivity contribution in [1.82, 2.24) is 4.37 Å². The molecule has 2 nitrogen and oxygen atoms in total. The number of rotatable bonds is 3. The minimum atomic E-state index is 0.728. The molecule has 0 radical (unpaired) electrons. The van der Waals surface area contributed by atoms with Crippen molar-refractivity contribution in [2.75, 3.05) is 6.54 Å². The van der Waals surface area contributed by atoms with Gasteiger partial charge >= 0.3 is 0 Å². The van der Waals surface area contributed by atoms with Gasteiger partial charge < -0.3 is 5.73 Å². The van der Waals surface area contributed by atoms with Crippen LogP contribution in [0.2, 0.25) is 0 Å². The van der Waals surface area contributed by atoms with Crippen LogP contribution in [0.5, 0.6) is 0 Å². The number of aromatic nitrogens is 1. The lowest BCUT2D eigenvalue weighted by Gasteiger charge is -1.94. The molecular weight excluding hydrogens is 144 g/mol. The van der Waals surface area contributed by atoms with Gasteiger partial charge in [-0.05, 0) is 36.5 Å². The molecule has 0 aliphatic rings. The van der Waals surface area contributed by atoms with Crippen molar-refractivity contribution in [2.24, 2.45) is 5.73 Å². The summed E-state index contributed by atoms with van der Waals surface area (Å²) in [5.41, 5.74) is 6.75. The summed E-state index contributed by atoms with van der Waals surface area (Å²) >= 11 is 1.58. The van der Waals surface area contributed by atoms with E-state index in [4.69, 9.17) is 5.73 Å². The maximum atomic E-state index is 5.42. The van der Waals surface area contributed by atoms with Gasteiger partial charge in [-0.15, -0.1) is 0 Å². The molecule has 0 unspecified atom stereocenters. The summed E-state index contributed by atoms with van der Waals surface area (Å²) in [5.74, 6) is 0. The molecule has 1 heterocycles. The summed E-state index contributed by atoms with van der Waals surface area (Å²) in [6.45, 7) is 2.87. The van der Waals surface area contributed by atoms with Crippen LogP contribution in [0.25, 0.3) is 0 Å². The topological polar surface area (TPSA) is 38.9 Å². The predicted molar refractivity (Wildman–Crippen MR) is 44.3 cm³/mol. The Kier molecular flexibility index (Phi) is 2.83. The molecule has 0 amide bonds. The van der Waals surface area contributed by atoms with E-state index in [2.05, 4.69) is 11.3 Å². The lowest BCUT2D eigenvalue weighted by atomic mass is 10.2. The summed E-state index contributed by atoms with van der Waals surface area (Å²) in [7, 11) is 0. The van der Waals surface area contributed by atoms with E-state index in [0.29, 0.717) is 0 Å². The summed E-state index contributed by atoms with van der Waals surface area (Å²) in [4.78, 5) is 1.38. The second kappa shape index (κ2) is 3.68. The van der Waals surface area contributed by atoms with Gasteiger partial charge in [0.05, 0.1) is 0 Å². The van der Waals surface area contributed by atoms with Crippen LogP contribution in [0, 0.1) is 0 Å². The van der Waals surface area contributed by atoms with E-state index in [9.17, 15) is 0 Å². The van der Waals surface area contributed by atoms with E-state index in [0.717, 1.165) is 19.4 Å². The van der Waals surface area contributed by atoms with Crippen LogP contribution < -0.4 is 5.73 Å². The zero-order chi connectivity index (χ0) is 7.40. The number of hydrogen-bond acceptors (Lipinski definition) is 3. The molecule has 0 fully saturated rings. The van der Waals surface area contributed by atoms with E-state index >= 15 is 0 Å². The van der Waals surface area contributed by atoms with Crippen LogP contribution >= 0.6 is 11.5 Å². The molecule has 0 bridgehead atoms. The molecular formula is C7H12N2S. The molecule has 10 heavy (non-hydrogen) atoms. The van der Waals surface area contributed by atoms with Crippen LogP contribution in [0.15, 0.2) is 6.20 Å². The maximum absolute atomic E-state index is 5.42. The lowest BCUT2D eigenvalue weighted by Crippen LogP contribution is -2.02. The molecule has 0 aliphatic carbocycles. The Labute approximate surface area is 65.2 Å². The SMILES string of the molecule is CCc1sncc1CCN. The Morgan fingerprint density at radius 2 is 2.50 bits per heavy atom. The van der Waals surface area contributed by atoms with E-state index in [1.165, 1.54) is 10.4 Å². The fourth-order valence-electron chi connectivity index (χ4n) is 0.935. The highest BCUT2D eigenvalue weighted by atomic mass is 32.1. The van der Waals surface area contributed by atoms with Gasteiger partial charge in [-0.3, -0.25) is 0 Å². The number of nitrogens with two attached hydrogens (primary N) is 1. The van der Waals surface area contributed by atoms with Gasteiger partial charge in [0, 0.05) is 11.1 Å². The first-order valence-electron chi connectivity index (χ1n) is 3.51. The Bertz CT molecular complexity index is 195. The Morgan fingerprint density at radius 3 is 3.10 bits per heavy atom. The van der Waals surface area contributed by atoms with Crippen LogP contribution in [-0.4, -0.2) is 10.9 Å². The molecule has 0 atom stereocenters. The van der Waals surface area contributed by atoms with Gasteiger partial charge in [0.15, 0.2) is 0 Å². The molecule has 0 spiro atoms. The Hall–Kier alpha value is -0.410. The predicted octanol–water partition coefficient (Wildman–Crippen LogP) is 1.21. The van der Waals surface area contributed by atoms with Gasteiger partial charge in [-0.25, -0.2) is 4.37 Å². The van der Waals surface area contributed by atoms with Gasteiger partial charge in [-0.1, -0.05) is 6.92 Å². The average Bonchev–Trinajstić information content (AvgIpc) is 2.36. The number of hydrogen-bond donors (Lipinski definition) is 1.